The van der Waals surface area contributed by atoms with Gasteiger partial charge in [0.15, 0.2) is 0 Å². The van der Waals surface area contributed by atoms with Crippen LogP contribution in [-0.4, -0.2) is 24.0 Å². The van der Waals surface area contributed by atoms with Crippen LogP contribution in [0.5, 0.6) is 5.75 Å². The first kappa shape index (κ1) is 21.3. The number of nitrogens with zero attached hydrogens (tertiary/aromatic N) is 1. The van der Waals surface area contributed by atoms with Crippen LogP contribution in [0.1, 0.15) is 22.4 Å². The molecular formula is C23H22N2O4S. The number of carbonyl (C=O) groups excluding carboxylic acids is 2. The number of ether oxygens (including phenoxy) is 2. The summed E-state index contributed by atoms with van der Waals surface area (Å²) < 4.78 is 10.5. The average Bonchev–Trinajstić information content (AvgIpc) is 3.29. The molecular weight excluding hydrogens is 400 g/mol. The number of nitrogens with one attached hydrogen (secondary N) is 1. The minimum absolute atomic E-state index is 0.158. The van der Waals surface area contributed by atoms with Gasteiger partial charge >= 0.3 is 5.97 Å². The standard InChI is InChI=1S/C23H22N2O4S/c1-28-20-7-3-4-17(13-20)8-10-22(26)25-19-6-2-5-18(12-19)15-29-23(27)11-9-21-14-24-16-30-21/h2-8,10,12-14,16H,9,11,15H2,1H3,(H,25,26)/b10-8+. The van der Waals surface area contributed by atoms with Crippen molar-refractivity contribution in [1.29, 1.82) is 0 Å². The number of rotatable bonds is 9. The molecule has 0 saturated carbocycles. The van der Waals surface area contributed by atoms with Gasteiger partial charge in [-0.3, -0.25) is 14.6 Å². The Morgan fingerprint density at radius 3 is 2.83 bits per heavy atom. The highest BCUT2D eigenvalue weighted by atomic mass is 32.1. The number of aromatic nitrogens is 1. The molecule has 0 aliphatic rings. The van der Waals surface area contributed by atoms with Gasteiger partial charge in [0, 0.05) is 22.8 Å². The SMILES string of the molecule is COc1cccc(/C=C/C(=O)Nc2cccc(COC(=O)CCc3cncs3)c2)c1. The quantitative estimate of drug-likeness (QED) is 0.406. The Hall–Kier alpha value is -3.45. The number of carbonyl (C=O) groups is 2. The Morgan fingerprint density at radius 1 is 1.17 bits per heavy atom. The van der Waals surface area contributed by atoms with Crippen molar-refractivity contribution in [2.24, 2.45) is 0 Å². The predicted octanol–water partition coefficient (Wildman–Crippen LogP) is 4.48. The number of esters is 1. The lowest BCUT2D eigenvalue weighted by Crippen LogP contribution is -2.09. The Morgan fingerprint density at radius 2 is 2.03 bits per heavy atom. The number of aryl methyl sites for hydroxylation is 1. The Bertz CT molecular complexity index is 1020. The van der Waals surface area contributed by atoms with E-state index < -0.39 is 0 Å². The lowest BCUT2D eigenvalue weighted by Gasteiger charge is -2.07. The second-order valence-electron chi connectivity index (χ2n) is 6.43. The number of amides is 1. The fourth-order valence-electron chi connectivity index (χ4n) is 2.67. The summed E-state index contributed by atoms with van der Waals surface area (Å²) in [6.45, 7) is 0.158. The molecule has 3 rings (SSSR count). The first-order valence-corrected chi connectivity index (χ1v) is 10.3. The number of benzene rings is 2. The van der Waals surface area contributed by atoms with Gasteiger partial charge in [-0.25, -0.2) is 0 Å². The number of methoxy groups -OCH3 is 1. The monoisotopic (exact) mass is 422 g/mol. The molecule has 0 saturated heterocycles. The molecule has 2 aromatic carbocycles. The van der Waals surface area contributed by atoms with Crippen molar-refractivity contribution < 1.29 is 19.1 Å². The molecule has 0 aliphatic heterocycles. The summed E-state index contributed by atoms with van der Waals surface area (Å²) in [6, 6.07) is 14.7. The molecule has 1 amide bonds. The molecule has 154 valence electrons. The van der Waals surface area contributed by atoms with Gasteiger partial charge in [0.1, 0.15) is 12.4 Å². The van der Waals surface area contributed by atoms with E-state index in [1.807, 2.05) is 36.4 Å². The maximum Gasteiger partial charge on any atom is 0.306 e. The highest BCUT2D eigenvalue weighted by molar-refractivity contribution is 7.09. The number of anilines is 1. The summed E-state index contributed by atoms with van der Waals surface area (Å²) in [6.07, 6.45) is 5.87. The van der Waals surface area contributed by atoms with E-state index in [0.717, 1.165) is 21.8 Å². The Kier molecular flexibility index (Phi) is 7.74. The molecule has 0 bridgehead atoms. The van der Waals surface area contributed by atoms with Crippen LogP contribution < -0.4 is 10.1 Å². The van der Waals surface area contributed by atoms with Gasteiger partial charge in [-0.15, -0.1) is 11.3 Å². The van der Waals surface area contributed by atoms with Crippen LogP contribution in [0.25, 0.3) is 6.08 Å². The van der Waals surface area contributed by atoms with Crippen LogP contribution in [-0.2, 0) is 27.4 Å². The third kappa shape index (κ3) is 6.86. The molecule has 0 unspecified atom stereocenters. The van der Waals surface area contributed by atoms with Crippen molar-refractivity contribution in [2.45, 2.75) is 19.4 Å². The minimum atomic E-state index is -0.265. The fourth-order valence-corrected chi connectivity index (χ4v) is 3.27. The summed E-state index contributed by atoms with van der Waals surface area (Å²) in [4.78, 5) is 29.2. The van der Waals surface area contributed by atoms with E-state index in [-0.39, 0.29) is 18.5 Å². The van der Waals surface area contributed by atoms with E-state index in [2.05, 4.69) is 10.3 Å². The normalized spacial score (nSPS) is 10.7. The van der Waals surface area contributed by atoms with Gasteiger partial charge in [-0.2, -0.15) is 0 Å². The molecule has 0 radical (unpaired) electrons. The van der Waals surface area contributed by atoms with Crippen molar-refractivity contribution in [3.05, 3.63) is 82.3 Å². The van der Waals surface area contributed by atoms with Crippen molar-refractivity contribution in [2.75, 3.05) is 12.4 Å². The molecule has 1 aromatic heterocycles. The summed E-state index contributed by atoms with van der Waals surface area (Å²) in [5, 5.41) is 2.81. The zero-order chi connectivity index (χ0) is 21.2. The van der Waals surface area contributed by atoms with E-state index >= 15 is 0 Å². The maximum absolute atomic E-state index is 12.2. The molecule has 1 N–H and O–H groups in total. The average molecular weight is 423 g/mol. The van der Waals surface area contributed by atoms with Gasteiger partial charge in [-0.1, -0.05) is 24.3 Å². The molecule has 6 nitrogen and oxygen atoms in total. The highest BCUT2D eigenvalue weighted by Crippen LogP contribution is 2.15. The highest BCUT2D eigenvalue weighted by Gasteiger charge is 2.06. The lowest BCUT2D eigenvalue weighted by atomic mass is 10.2. The molecule has 0 aliphatic carbocycles. The first-order valence-electron chi connectivity index (χ1n) is 9.37. The van der Waals surface area contributed by atoms with Crippen LogP contribution in [0.3, 0.4) is 0 Å². The van der Waals surface area contributed by atoms with Crippen LogP contribution in [0.4, 0.5) is 5.69 Å². The van der Waals surface area contributed by atoms with E-state index in [0.29, 0.717) is 18.5 Å². The number of hydrogen-bond acceptors (Lipinski definition) is 6. The second-order valence-corrected chi connectivity index (χ2v) is 7.40. The van der Waals surface area contributed by atoms with E-state index in [4.69, 9.17) is 9.47 Å². The van der Waals surface area contributed by atoms with E-state index in [9.17, 15) is 9.59 Å². The van der Waals surface area contributed by atoms with E-state index in [1.165, 1.54) is 17.4 Å². The van der Waals surface area contributed by atoms with Crippen molar-refractivity contribution >= 4 is 35.0 Å². The number of hydrogen-bond donors (Lipinski definition) is 1. The van der Waals surface area contributed by atoms with Gasteiger partial charge in [0.05, 0.1) is 19.0 Å². The van der Waals surface area contributed by atoms with Crippen molar-refractivity contribution in [3.8, 4) is 5.75 Å². The zero-order valence-electron chi connectivity index (χ0n) is 16.5. The lowest BCUT2D eigenvalue weighted by molar-refractivity contribution is -0.144. The van der Waals surface area contributed by atoms with Crippen molar-refractivity contribution in [1.82, 2.24) is 4.98 Å². The third-order valence-electron chi connectivity index (χ3n) is 4.17. The maximum atomic E-state index is 12.2. The van der Waals surface area contributed by atoms with E-state index in [1.54, 1.807) is 37.0 Å². The van der Waals surface area contributed by atoms with Gasteiger partial charge in [-0.05, 0) is 47.9 Å². The fraction of sp³-hybridized carbons (Fsp3) is 0.174. The van der Waals surface area contributed by atoms with Gasteiger partial charge in [0.2, 0.25) is 5.91 Å². The second kappa shape index (κ2) is 10.9. The molecule has 0 atom stereocenters. The van der Waals surface area contributed by atoms with Gasteiger partial charge < -0.3 is 14.8 Å². The first-order chi connectivity index (χ1) is 14.6. The van der Waals surface area contributed by atoms with Crippen LogP contribution in [0.15, 0.2) is 66.3 Å². The van der Waals surface area contributed by atoms with Crippen molar-refractivity contribution in [3.63, 3.8) is 0 Å². The third-order valence-corrected chi connectivity index (χ3v) is 5.01. The Balaban J connectivity index is 1.48. The summed E-state index contributed by atoms with van der Waals surface area (Å²) in [5.41, 5.74) is 4.04. The van der Waals surface area contributed by atoms with Crippen LogP contribution in [0, 0.1) is 0 Å². The molecule has 1 heterocycles. The smallest absolute Gasteiger partial charge is 0.306 e. The molecule has 30 heavy (non-hydrogen) atoms. The summed E-state index contributed by atoms with van der Waals surface area (Å²) in [5.74, 6) is 0.211. The zero-order valence-corrected chi connectivity index (χ0v) is 17.4. The topological polar surface area (TPSA) is 77.5 Å². The molecule has 0 spiro atoms. The molecule has 0 fully saturated rings. The molecule has 3 aromatic rings. The summed E-state index contributed by atoms with van der Waals surface area (Å²) in [7, 11) is 1.60. The predicted molar refractivity (Wildman–Crippen MR) is 117 cm³/mol. The Labute approximate surface area is 179 Å². The van der Waals surface area contributed by atoms with Crippen LogP contribution >= 0.6 is 11.3 Å². The number of thiazole rings is 1. The largest absolute Gasteiger partial charge is 0.497 e. The summed E-state index contributed by atoms with van der Waals surface area (Å²) >= 11 is 1.52. The molecule has 7 heteroatoms. The van der Waals surface area contributed by atoms with Crippen LogP contribution in [0.2, 0.25) is 0 Å². The van der Waals surface area contributed by atoms with Gasteiger partial charge in [0.25, 0.3) is 0 Å². The minimum Gasteiger partial charge on any atom is -0.497 e.